The molecule has 0 amide bonds. The van der Waals surface area contributed by atoms with Crippen LogP contribution in [-0.4, -0.2) is 0 Å². The highest BCUT2D eigenvalue weighted by Gasteiger charge is 2.22. The first-order valence-electron chi connectivity index (χ1n) is 4.67. The van der Waals surface area contributed by atoms with Crippen LogP contribution in [0.15, 0.2) is 0 Å². The third kappa shape index (κ3) is 2.13. The Morgan fingerprint density at radius 2 is 1.33 bits per heavy atom. The molecule has 1 aromatic rings. The SMILES string of the molecule is Cc1c(F)c(F)c(F)c(F)c1CC(C)C. The molecule has 0 fully saturated rings. The van der Waals surface area contributed by atoms with E-state index in [-0.39, 0.29) is 23.5 Å². The van der Waals surface area contributed by atoms with Crippen molar-refractivity contribution >= 4 is 0 Å². The smallest absolute Gasteiger partial charge is 0.197 e. The van der Waals surface area contributed by atoms with Gasteiger partial charge in [0.15, 0.2) is 23.3 Å². The first kappa shape index (κ1) is 12.0. The number of halogens is 4. The molecule has 0 saturated carbocycles. The van der Waals surface area contributed by atoms with E-state index in [1.165, 1.54) is 6.92 Å². The third-order valence-electron chi connectivity index (χ3n) is 2.24. The minimum Gasteiger partial charge on any atom is -0.203 e. The molecule has 1 aromatic carbocycles. The van der Waals surface area contributed by atoms with Crippen LogP contribution in [0.1, 0.15) is 25.0 Å². The fourth-order valence-electron chi connectivity index (χ4n) is 1.44. The molecule has 0 saturated heterocycles. The molecule has 0 unspecified atom stereocenters. The van der Waals surface area contributed by atoms with E-state index in [1.807, 2.05) is 0 Å². The van der Waals surface area contributed by atoms with Crippen molar-refractivity contribution in [3.05, 3.63) is 34.4 Å². The molecule has 0 nitrogen and oxygen atoms in total. The molecular weight excluding hydrogens is 208 g/mol. The van der Waals surface area contributed by atoms with E-state index < -0.39 is 23.3 Å². The van der Waals surface area contributed by atoms with E-state index in [9.17, 15) is 17.6 Å². The maximum atomic E-state index is 13.3. The Hall–Kier alpha value is -1.06. The zero-order valence-corrected chi connectivity index (χ0v) is 8.80. The number of hydrogen-bond donors (Lipinski definition) is 0. The summed E-state index contributed by atoms with van der Waals surface area (Å²) in [5.74, 6) is -6.00. The highest BCUT2D eigenvalue weighted by atomic mass is 19.2. The van der Waals surface area contributed by atoms with E-state index in [0.717, 1.165) is 0 Å². The predicted octanol–water partition coefficient (Wildman–Crippen LogP) is 3.75. The van der Waals surface area contributed by atoms with Crippen molar-refractivity contribution in [3.8, 4) is 0 Å². The maximum Gasteiger partial charge on any atom is 0.197 e. The van der Waals surface area contributed by atoms with Crippen LogP contribution in [0.4, 0.5) is 17.6 Å². The molecule has 0 bridgehead atoms. The average molecular weight is 220 g/mol. The van der Waals surface area contributed by atoms with Crippen molar-refractivity contribution in [2.75, 3.05) is 0 Å². The van der Waals surface area contributed by atoms with Crippen molar-refractivity contribution in [1.82, 2.24) is 0 Å². The molecule has 0 aliphatic carbocycles. The zero-order valence-electron chi connectivity index (χ0n) is 8.80. The molecule has 0 aromatic heterocycles. The van der Waals surface area contributed by atoms with Gasteiger partial charge in [0.2, 0.25) is 0 Å². The zero-order chi connectivity index (χ0) is 11.7. The Morgan fingerprint density at radius 3 is 1.80 bits per heavy atom. The van der Waals surface area contributed by atoms with E-state index in [4.69, 9.17) is 0 Å². The Labute approximate surface area is 85.9 Å². The second kappa shape index (κ2) is 4.21. The van der Waals surface area contributed by atoms with Crippen LogP contribution < -0.4 is 0 Å². The van der Waals surface area contributed by atoms with Crippen LogP contribution in [0, 0.1) is 36.1 Å². The lowest BCUT2D eigenvalue weighted by atomic mass is 9.97. The van der Waals surface area contributed by atoms with E-state index in [0.29, 0.717) is 0 Å². The first-order valence-corrected chi connectivity index (χ1v) is 4.67. The van der Waals surface area contributed by atoms with Gasteiger partial charge in [0.05, 0.1) is 0 Å². The summed E-state index contributed by atoms with van der Waals surface area (Å²) in [6.45, 7) is 4.83. The highest BCUT2D eigenvalue weighted by Crippen LogP contribution is 2.25. The summed E-state index contributed by atoms with van der Waals surface area (Å²) in [7, 11) is 0. The molecule has 0 N–H and O–H groups in total. The summed E-state index contributed by atoms with van der Waals surface area (Å²) in [6, 6.07) is 0. The van der Waals surface area contributed by atoms with Crippen molar-refractivity contribution in [1.29, 1.82) is 0 Å². The second-order valence-corrected chi connectivity index (χ2v) is 3.96. The van der Waals surface area contributed by atoms with Gasteiger partial charge in [0.25, 0.3) is 0 Å². The molecule has 84 valence electrons. The maximum absolute atomic E-state index is 13.3. The predicted molar refractivity (Wildman–Crippen MR) is 49.6 cm³/mol. The van der Waals surface area contributed by atoms with Crippen LogP contribution in [0.25, 0.3) is 0 Å². The van der Waals surface area contributed by atoms with Crippen molar-refractivity contribution in [2.24, 2.45) is 5.92 Å². The summed E-state index contributed by atoms with van der Waals surface area (Å²) in [5.41, 5.74) is -0.235. The minimum atomic E-state index is -1.74. The summed E-state index contributed by atoms with van der Waals surface area (Å²) in [4.78, 5) is 0. The van der Waals surface area contributed by atoms with Gasteiger partial charge in [-0.3, -0.25) is 0 Å². The Morgan fingerprint density at radius 1 is 0.867 bits per heavy atom. The largest absolute Gasteiger partial charge is 0.203 e. The average Bonchev–Trinajstić information content (AvgIpc) is 2.18. The van der Waals surface area contributed by atoms with Crippen LogP contribution >= 0.6 is 0 Å². The minimum absolute atomic E-state index is 0.0439. The van der Waals surface area contributed by atoms with E-state index in [1.54, 1.807) is 13.8 Å². The highest BCUT2D eigenvalue weighted by molar-refractivity contribution is 5.31. The normalized spacial score (nSPS) is 11.2. The van der Waals surface area contributed by atoms with Crippen molar-refractivity contribution in [2.45, 2.75) is 27.2 Å². The quantitative estimate of drug-likeness (QED) is 0.404. The van der Waals surface area contributed by atoms with Crippen molar-refractivity contribution in [3.63, 3.8) is 0 Å². The lowest BCUT2D eigenvalue weighted by Crippen LogP contribution is -2.08. The van der Waals surface area contributed by atoms with Gasteiger partial charge < -0.3 is 0 Å². The fraction of sp³-hybridized carbons (Fsp3) is 0.455. The lowest BCUT2D eigenvalue weighted by molar-refractivity contribution is 0.397. The van der Waals surface area contributed by atoms with Crippen LogP contribution in [0.5, 0.6) is 0 Å². The topological polar surface area (TPSA) is 0 Å². The molecule has 1 rings (SSSR count). The Balaban J connectivity index is 3.39. The summed E-state index contributed by atoms with van der Waals surface area (Å²) in [5, 5.41) is 0. The van der Waals surface area contributed by atoms with E-state index >= 15 is 0 Å². The number of hydrogen-bond acceptors (Lipinski definition) is 0. The summed E-state index contributed by atoms with van der Waals surface area (Å²) < 4.78 is 52.1. The van der Waals surface area contributed by atoms with Gasteiger partial charge >= 0.3 is 0 Å². The van der Waals surface area contributed by atoms with Gasteiger partial charge in [0, 0.05) is 0 Å². The number of benzene rings is 1. The van der Waals surface area contributed by atoms with Crippen LogP contribution in [0.2, 0.25) is 0 Å². The monoisotopic (exact) mass is 220 g/mol. The standard InChI is InChI=1S/C11H12F4/c1-5(2)4-7-6(3)8(12)10(14)11(15)9(7)13/h5H,4H2,1-3H3. The van der Waals surface area contributed by atoms with Crippen LogP contribution in [0.3, 0.4) is 0 Å². The second-order valence-electron chi connectivity index (χ2n) is 3.96. The molecule has 4 heteroatoms. The molecular formula is C11H12F4. The molecule has 0 radical (unpaired) electrons. The fourth-order valence-corrected chi connectivity index (χ4v) is 1.44. The first-order chi connectivity index (χ1) is 6.86. The van der Waals surface area contributed by atoms with Crippen molar-refractivity contribution < 1.29 is 17.6 Å². The summed E-state index contributed by atoms with van der Waals surface area (Å²) >= 11 is 0. The number of rotatable bonds is 2. The van der Waals surface area contributed by atoms with Gasteiger partial charge in [-0.2, -0.15) is 0 Å². The van der Waals surface area contributed by atoms with Gasteiger partial charge in [-0.1, -0.05) is 13.8 Å². The third-order valence-corrected chi connectivity index (χ3v) is 2.24. The van der Waals surface area contributed by atoms with Gasteiger partial charge in [0.1, 0.15) is 0 Å². The van der Waals surface area contributed by atoms with Gasteiger partial charge in [-0.05, 0) is 30.4 Å². The molecule has 0 atom stereocenters. The molecule has 15 heavy (non-hydrogen) atoms. The lowest BCUT2D eigenvalue weighted by Gasteiger charge is -2.12. The molecule has 0 heterocycles. The summed E-state index contributed by atoms with van der Waals surface area (Å²) in [6.07, 6.45) is 0.186. The van der Waals surface area contributed by atoms with E-state index in [2.05, 4.69) is 0 Å². The van der Waals surface area contributed by atoms with Gasteiger partial charge in [-0.15, -0.1) is 0 Å². The molecule has 0 aliphatic heterocycles. The molecule has 0 spiro atoms. The Kier molecular flexibility index (Phi) is 3.37. The molecule has 0 aliphatic rings. The Bertz CT molecular complexity index is 354. The van der Waals surface area contributed by atoms with Crippen LogP contribution in [-0.2, 0) is 6.42 Å². The van der Waals surface area contributed by atoms with Gasteiger partial charge in [-0.25, -0.2) is 17.6 Å².